The average Bonchev–Trinajstić information content (AvgIpc) is 3.37. The highest BCUT2D eigenvalue weighted by atomic mass is 16.5. The number of nitrogens with zero attached hydrogens (tertiary/aromatic N) is 1. The maximum atomic E-state index is 12.2. The number of benzene rings is 2. The Labute approximate surface area is 155 Å². The summed E-state index contributed by atoms with van der Waals surface area (Å²) in [5, 5.41) is 5.67. The van der Waals surface area contributed by atoms with Crippen molar-refractivity contribution in [3.63, 3.8) is 0 Å². The Morgan fingerprint density at radius 2 is 2.04 bits per heavy atom. The van der Waals surface area contributed by atoms with Gasteiger partial charge in [-0.15, -0.1) is 0 Å². The zero-order valence-electron chi connectivity index (χ0n) is 14.8. The van der Waals surface area contributed by atoms with Crippen molar-refractivity contribution in [3.8, 4) is 5.75 Å². The lowest BCUT2D eigenvalue weighted by atomic mass is 10.2. The van der Waals surface area contributed by atoms with E-state index in [-0.39, 0.29) is 24.5 Å². The number of fused-ring (bicyclic) bond motifs is 1. The number of carbonyl (C=O) groups excluding carboxylic acids is 2. The summed E-state index contributed by atoms with van der Waals surface area (Å²) in [4.78, 5) is 28.6. The highest BCUT2D eigenvalue weighted by Gasteiger charge is 2.23. The number of anilines is 1. The maximum absolute atomic E-state index is 12.2. The van der Waals surface area contributed by atoms with Crippen LogP contribution in [-0.2, 0) is 4.79 Å². The lowest BCUT2D eigenvalue weighted by Gasteiger charge is -2.09. The molecule has 0 aliphatic heterocycles. The van der Waals surface area contributed by atoms with Gasteiger partial charge in [-0.25, -0.2) is 4.98 Å². The van der Waals surface area contributed by atoms with Crippen LogP contribution in [0.3, 0.4) is 0 Å². The van der Waals surface area contributed by atoms with Crippen LogP contribution in [0.25, 0.3) is 11.1 Å². The summed E-state index contributed by atoms with van der Waals surface area (Å²) in [5.74, 6) is 0.564. The molecule has 1 aromatic heterocycles. The molecule has 27 heavy (non-hydrogen) atoms. The minimum Gasteiger partial charge on any atom is -0.481 e. The smallest absolute Gasteiger partial charge is 0.262 e. The van der Waals surface area contributed by atoms with Gasteiger partial charge in [-0.3, -0.25) is 9.59 Å². The SMILES string of the molecule is Cc1nc2c(OCC(=O)Nc3cccc(C(=O)NC4CC4)c3)cccc2o1. The van der Waals surface area contributed by atoms with Crippen molar-refractivity contribution in [3.05, 3.63) is 53.9 Å². The molecule has 2 amide bonds. The standard InChI is InChI=1S/C20H19N3O4/c1-12-21-19-16(6-3-7-17(19)27-12)26-11-18(24)22-15-5-2-4-13(10-15)20(25)23-14-8-9-14/h2-7,10,14H,8-9,11H2,1H3,(H,22,24)(H,23,25). The van der Waals surface area contributed by atoms with E-state index in [4.69, 9.17) is 9.15 Å². The lowest BCUT2D eigenvalue weighted by molar-refractivity contribution is -0.118. The lowest BCUT2D eigenvalue weighted by Crippen LogP contribution is -2.25. The van der Waals surface area contributed by atoms with Crippen LogP contribution in [0, 0.1) is 6.92 Å². The number of carbonyl (C=O) groups is 2. The number of hydrogen-bond acceptors (Lipinski definition) is 5. The van der Waals surface area contributed by atoms with E-state index in [0.29, 0.717) is 34.0 Å². The van der Waals surface area contributed by atoms with E-state index in [1.165, 1.54) is 0 Å². The second kappa shape index (κ2) is 7.11. The van der Waals surface area contributed by atoms with Crippen molar-refractivity contribution < 1.29 is 18.7 Å². The number of ether oxygens (including phenoxy) is 1. The summed E-state index contributed by atoms with van der Waals surface area (Å²) in [5.41, 5.74) is 2.26. The van der Waals surface area contributed by atoms with E-state index in [2.05, 4.69) is 15.6 Å². The molecule has 2 N–H and O–H groups in total. The number of oxazole rings is 1. The molecule has 3 aromatic rings. The molecule has 7 heteroatoms. The van der Waals surface area contributed by atoms with Crippen LogP contribution < -0.4 is 15.4 Å². The van der Waals surface area contributed by atoms with E-state index < -0.39 is 0 Å². The first-order valence-electron chi connectivity index (χ1n) is 8.78. The molecule has 1 saturated carbocycles. The Hall–Kier alpha value is -3.35. The third-order valence-electron chi connectivity index (χ3n) is 4.17. The van der Waals surface area contributed by atoms with Crippen LogP contribution in [-0.4, -0.2) is 29.4 Å². The van der Waals surface area contributed by atoms with E-state index >= 15 is 0 Å². The molecular formula is C20H19N3O4. The Kier molecular flexibility index (Phi) is 4.50. The van der Waals surface area contributed by atoms with E-state index in [9.17, 15) is 9.59 Å². The van der Waals surface area contributed by atoms with Gasteiger partial charge in [0.05, 0.1) is 0 Å². The zero-order chi connectivity index (χ0) is 18.8. The van der Waals surface area contributed by atoms with Crippen molar-refractivity contribution in [2.24, 2.45) is 0 Å². The van der Waals surface area contributed by atoms with Crippen molar-refractivity contribution in [1.82, 2.24) is 10.3 Å². The summed E-state index contributed by atoms with van der Waals surface area (Å²) in [6.07, 6.45) is 2.05. The van der Waals surface area contributed by atoms with Gasteiger partial charge in [-0.2, -0.15) is 0 Å². The van der Waals surface area contributed by atoms with Crippen LogP contribution in [0.2, 0.25) is 0 Å². The Morgan fingerprint density at radius 1 is 1.22 bits per heavy atom. The second-order valence-corrected chi connectivity index (χ2v) is 6.50. The minimum atomic E-state index is -0.327. The fourth-order valence-electron chi connectivity index (χ4n) is 2.73. The molecule has 0 radical (unpaired) electrons. The summed E-state index contributed by atoms with van der Waals surface area (Å²) < 4.78 is 11.0. The Morgan fingerprint density at radius 3 is 2.85 bits per heavy atom. The van der Waals surface area contributed by atoms with Crippen LogP contribution in [0.15, 0.2) is 46.9 Å². The monoisotopic (exact) mass is 365 g/mol. The number of rotatable bonds is 6. The first-order chi connectivity index (χ1) is 13.1. The largest absolute Gasteiger partial charge is 0.481 e. The van der Waals surface area contributed by atoms with Gasteiger partial charge < -0.3 is 19.8 Å². The molecule has 0 saturated heterocycles. The fourth-order valence-corrected chi connectivity index (χ4v) is 2.73. The number of amides is 2. The molecule has 0 unspecified atom stereocenters. The summed E-state index contributed by atoms with van der Waals surface area (Å²) in [6.45, 7) is 1.58. The summed E-state index contributed by atoms with van der Waals surface area (Å²) in [6, 6.07) is 12.4. The predicted molar refractivity (Wildman–Crippen MR) is 99.8 cm³/mol. The van der Waals surface area contributed by atoms with Gasteiger partial charge in [0.15, 0.2) is 23.6 Å². The minimum absolute atomic E-state index is 0.127. The van der Waals surface area contributed by atoms with Crippen molar-refractivity contribution >= 4 is 28.6 Å². The molecule has 1 aliphatic carbocycles. The van der Waals surface area contributed by atoms with Crippen LogP contribution >= 0.6 is 0 Å². The van der Waals surface area contributed by atoms with E-state index in [1.807, 2.05) is 0 Å². The highest BCUT2D eigenvalue weighted by molar-refractivity contribution is 5.97. The maximum Gasteiger partial charge on any atom is 0.262 e. The number of hydrogen-bond donors (Lipinski definition) is 2. The molecule has 1 heterocycles. The summed E-state index contributed by atoms with van der Waals surface area (Å²) in [7, 11) is 0. The first kappa shape index (κ1) is 17.1. The number of aryl methyl sites for hydroxylation is 1. The van der Waals surface area contributed by atoms with Gasteiger partial charge in [0.2, 0.25) is 0 Å². The molecule has 4 rings (SSSR count). The highest BCUT2D eigenvalue weighted by Crippen LogP contribution is 2.25. The number of aromatic nitrogens is 1. The van der Waals surface area contributed by atoms with Gasteiger partial charge in [0, 0.05) is 24.2 Å². The average molecular weight is 365 g/mol. The van der Waals surface area contributed by atoms with Crippen LogP contribution in [0.1, 0.15) is 29.1 Å². The predicted octanol–water partition coefficient (Wildman–Crippen LogP) is 3.05. The van der Waals surface area contributed by atoms with Crippen molar-refractivity contribution in [2.75, 3.05) is 11.9 Å². The fraction of sp³-hybridized carbons (Fsp3) is 0.250. The second-order valence-electron chi connectivity index (χ2n) is 6.50. The van der Waals surface area contributed by atoms with Gasteiger partial charge in [-0.1, -0.05) is 12.1 Å². The van der Waals surface area contributed by atoms with Gasteiger partial charge >= 0.3 is 0 Å². The molecule has 1 aliphatic rings. The summed E-state index contributed by atoms with van der Waals surface area (Å²) >= 11 is 0. The Bertz CT molecular complexity index is 1010. The molecule has 0 spiro atoms. The van der Waals surface area contributed by atoms with E-state index in [1.54, 1.807) is 49.4 Å². The van der Waals surface area contributed by atoms with Gasteiger partial charge in [-0.05, 0) is 43.2 Å². The molecule has 1 fully saturated rings. The Balaban J connectivity index is 1.38. The van der Waals surface area contributed by atoms with Gasteiger partial charge in [0.25, 0.3) is 11.8 Å². The molecule has 0 atom stereocenters. The third kappa shape index (κ3) is 4.08. The van der Waals surface area contributed by atoms with Crippen molar-refractivity contribution in [1.29, 1.82) is 0 Å². The molecule has 138 valence electrons. The van der Waals surface area contributed by atoms with E-state index in [0.717, 1.165) is 12.8 Å². The zero-order valence-corrected chi connectivity index (χ0v) is 14.8. The van der Waals surface area contributed by atoms with Crippen LogP contribution in [0.5, 0.6) is 5.75 Å². The number of para-hydroxylation sites is 1. The third-order valence-corrected chi connectivity index (χ3v) is 4.17. The quantitative estimate of drug-likeness (QED) is 0.700. The molecular weight excluding hydrogens is 346 g/mol. The first-order valence-corrected chi connectivity index (χ1v) is 8.78. The number of nitrogens with one attached hydrogen (secondary N) is 2. The van der Waals surface area contributed by atoms with Crippen molar-refractivity contribution in [2.45, 2.75) is 25.8 Å². The van der Waals surface area contributed by atoms with Gasteiger partial charge in [0.1, 0.15) is 5.75 Å². The molecule has 2 aromatic carbocycles. The topological polar surface area (TPSA) is 93.5 Å². The normalized spacial score (nSPS) is 13.4. The molecule has 0 bridgehead atoms. The molecule has 7 nitrogen and oxygen atoms in total. The van der Waals surface area contributed by atoms with Crippen LogP contribution in [0.4, 0.5) is 5.69 Å².